The van der Waals surface area contributed by atoms with E-state index in [0.29, 0.717) is 0 Å². The number of anilines is 3. The summed E-state index contributed by atoms with van der Waals surface area (Å²) in [6, 6.07) is 72.6. The summed E-state index contributed by atoms with van der Waals surface area (Å²) < 4.78 is 9.71. The van der Waals surface area contributed by atoms with E-state index in [4.69, 9.17) is 4.42 Å². The van der Waals surface area contributed by atoms with E-state index in [1.165, 1.54) is 69.2 Å². The minimum absolute atomic E-state index is 0.860. The van der Waals surface area contributed by atoms with Crippen LogP contribution >= 0.6 is 11.3 Å². The zero-order chi connectivity index (χ0) is 37.5. The summed E-state index contributed by atoms with van der Waals surface area (Å²) in [7, 11) is 0. The molecule has 0 fully saturated rings. The second-order valence-corrected chi connectivity index (χ2v) is 15.8. The van der Waals surface area contributed by atoms with Crippen LogP contribution in [0.5, 0.6) is 0 Å². The smallest absolute Gasteiger partial charge is 0.144 e. The summed E-state index contributed by atoms with van der Waals surface area (Å²) in [5.41, 5.74) is 9.75. The summed E-state index contributed by atoms with van der Waals surface area (Å²) in [5.74, 6) is 0. The fraction of sp³-hybridized carbons (Fsp3) is 0. The summed E-state index contributed by atoms with van der Waals surface area (Å²) in [6.07, 6.45) is 0. The van der Waals surface area contributed by atoms with Gasteiger partial charge in [-0.25, -0.2) is 0 Å². The van der Waals surface area contributed by atoms with Crippen molar-refractivity contribution in [2.24, 2.45) is 0 Å². The Labute approximate surface area is 333 Å². The molecule has 0 unspecified atom stereocenters. The van der Waals surface area contributed by atoms with Crippen molar-refractivity contribution in [3.63, 3.8) is 0 Å². The first kappa shape index (κ1) is 32.1. The molecule has 57 heavy (non-hydrogen) atoms. The van der Waals surface area contributed by atoms with Gasteiger partial charge in [0, 0.05) is 47.8 Å². The zero-order valence-electron chi connectivity index (χ0n) is 30.8. The van der Waals surface area contributed by atoms with E-state index in [-0.39, 0.29) is 0 Å². The predicted molar refractivity (Wildman–Crippen MR) is 245 cm³/mol. The molecule has 0 bridgehead atoms. The van der Waals surface area contributed by atoms with E-state index in [1.807, 2.05) is 11.3 Å². The second-order valence-electron chi connectivity index (χ2n) is 14.8. The van der Waals surface area contributed by atoms with Crippen molar-refractivity contribution in [3.8, 4) is 22.3 Å². The highest BCUT2D eigenvalue weighted by atomic mass is 32.1. The number of rotatable bonds is 5. The van der Waals surface area contributed by atoms with Gasteiger partial charge in [0.1, 0.15) is 11.2 Å². The van der Waals surface area contributed by atoms with Gasteiger partial charge in [0.05, 0.1) is 16.8 Å². The lowest BCUT2D eigenvalue weighted by Crippen LogP contribution is -2.11. The van der Waals surface area contributed by atoms with Gasteiger partial charge in [0.15, 0.2) is 0 Å². The minimum Gasteiger partial charge on any atom is -0.455 e. The summed E-state index contributed by atoms with van der Waals surface area (Å²) in [5, 5.41) is 12.0. The van der Waals surface area contributed by atoms with Crippen molar-refractivity contribution < 1.29 is 4.42 Å². The zero-order valence-corrected chi connectivity index (χ0v) is 31.6. The van der Waals surface area contributed by atoms with Gasteiger partial charge in [-0.05, 0) is 80.5 Å². The summed E-state index contributed by atoms with van der Waals surface area (Å²) in [6.45, 7) is 0. The third-order valence-electron chi connectivity index (χ3n) is 11.6. The molecule has 2 nitrogen and oxygen atoms in total. The number of thiophene rings is 1. The molecule has 3 heteroatoms. The van der Waals surface area contributed by atoms with E-state index in [0.717, 1.165) is 44.6 Å². The molecule has 2 aromatic heterocycles. The van der Waals surface area contributed by atoms with Crippen LogP contribution in [0.4, 0.5) is 17.1 Å². The van der Waals surface area contributed by atoms with Gasteiger partial charge in [0.2, 0.25) is 0 Å². The summed E-state index contributed by atoms with van der Waals surface area (Å²) >= 11 is 1.86. The molecule has 12 rings (SSSR count). The number of benzene rings is 10. The van der Waals surface area contributed by atoms with Gasteiger partial charge < -0.3 is 9.32 Å². The molecule has 0 saturated carbocycles. The van der Waals surface area contributed by atoms with Crippen LogP contribution in [-0.2, 0) is 0 Å². The number of nitrogens with zero attached hydrogens (tertiary/aromatic N) is 1. The Kier molecular flexibility index (Phi) is 7.13. The van der Waals surface area contributed by atoms with Gasteiger partial charge in [-0.2, -0.15) is 0 Å². The number of fused-ring (bicyclic) bond motifs is 10. The van der Waals surface area contributed by atoms with Gasteiger partial charge >= 0.3 is 0 Å². The molecule has 0 aliphatic carbocycles. The summed E-state index contributed by atoms with van der Waals surface area (Å²) in [4.78, 5) is 2.45. The molecule has 0 spiro atoms. The van der Waals surface area contributed by atoms with Crippen LogP contribution in [0, 0.1) is 0 Å². The highest BCUT2D eigenvalue weighted by Crippen LogP contribution is 2.50. The Bertz CT molecular complexity index is 3520. The standard InChI is InChI=1S/C54H33NOS/c1-2-14-34(15-3-1)35-28-30-38(31-29-35)55(48-33-37-17-4-6-18-39(37)41-20-8-9-21-42(41)48)47-25-13-26-49-52(47)46-32-36-16-5-7-19-40(36)51(53(46)56-49)45-24-12-23-44-43-22-10-11-27-50(43)57-54(44)45/h1-33H. The second kappa shape index (κ2) is 12.7. The largest absolute Gasteiger partial charge is 0.455 e. The molecule has 0 radical (unpaired) electrons. The Hall–Kier alpha value is -7.20. The molecule has 0 aliphatic rings. The molecule has 2 heterocycles. The van der Waals surface area contributed by atoms with E-state index < -0.39 is 0 Å². The van der Waals surface area contributed by atoms with Crippen molar-refractivity contribution in [2.75, 3.05) is 4.90 Å². The molecular weight excluding hydrogens is 711 g/mol. The van der Waals surface area contributed by atoms with Crippen molar-refractivity contribution in [1.82, 2.24) is 0 Å². The fourth-order valence-corrected chi connectivity index (χ4v) is 10.3. The van der Waals surface area contributed by atoms with Gasteiger partial charge in [-0.3, -0.25) is 0 Å². The highest BCUT2D eigenvalue weighted by molar-refractivity contribution is 7.26. The number of hydrogen-bond acceptors (Lipinski definition) is 3. The maximum atomic E-state index is 7.14. The molecule has 0 saturated heterocycles. The van der Waals surface area contributed by atoms with Crippen LogP contribution in [-0.4, -0.2) is 0 Å². The highest BCUT2D eigenvalue weighted by Gasteiger charge is 2.25. The molecule has 10 aromatic carbocycles. The van der Waals surface area contributed by atoms with E-state index in [9.17, 15) is 0 Å². The molecular formula is C54H33NOS. The average Bonchev–Trinajstić information content (AvgIpc) is 3.85. The lowest BCUT2D eigenvalue weighted by atomic mass is 9.93. The van der Waals surface area contributed by atoms with Crippen molar-refractivity contribution in [3.05, 3.63) is 200 Å². The monoisotopic (exact) mass is 743 g/mol. The van der Waals surface area contributed by atoms with Crippen LogP contribution in [0.2, 0.25) is 0 Å². The quantitative estimate of drug-likeness (QED) is 0.163. The fourth-order valence-electron chi connectivity index (χ4n) is 9.06. The normalized spacial score (nSPS) is 11.9. The maximum Gasteiger partial charge on any atom is 0.144 e. The van der Waals surface area contributed by atoms with Crippen LogP contribution in [0.25, 0.3) is 96.7 Å². The predicted octanol–water partition coefficient (Wildman–Crippen LogP) is 16.2. The molecule has 0 N–H and O–H groups in total. The van der Waals surface area contributed by atoms with Crippen molar-refractivity contribution in [2.45, 2.75) is 0 Å². The Balaban J connectivity index is 1.18. The van der Waals surface area contributed by atoms with Crippen LogP contribution < -0.4 is 4.90 Å². The third-order valence-corrected chi connectivity index (χ3v) is 12.8. The number of furan rings is 1. The topological polar surface area (TPSA) is 16.4 Å². The molecule has 0 amide bonds. The van der Waals surface area contributed by atoms with E-state index >= 15 is 0 Å². The Morgan fingerprint density at radius 2 is 1.04 bits per heavy atom. The molecule has 0 atom stereocenters. The maximum absolute atomic E-state index is 7.14. The van der Waals surface area contributed by atoms with E-state index in [2.05, 4.69) is 205 Å². The van der Waals surface area contributed by atoms with Crippen molar-refractivity contribution in [1.29, 1.82) is 0 Å². The first-order valence-corrected chi connectivity index (χ1v) is 20.2. The van der Waals surface area contributed by atoms with Crippen LogP contribution in [0.1, 0.15) is 0 Å². The first-order valence-electron chi connectivity index (χ1n) is 19.4. The van der Waals surface area contributed by atoms with Gasteiger partial charge in [0.25, 0.3) is 0 Å². The molecule has 12 aromatic rings. The van der Waals surface area contributed by atoms with Gasteiger partial charge in [-0.1, -0.05) is 158 Å². The molecule has 266 valence electrons. The van der Waals surface area contributed by atoms with Crippen LogP contribution in [0.15, 0.2) is 205 Å². The van der Waals surface area contributed by atoms with Crippen LogP contribution in [0.3, 0.4) is 0 Å². The Morgan fingerprint density at radius 3 is 1.86 bits per heavy atom. The lowest BCUT2D eigenvalue weighted by Gasteiger charge is -2.28. The van der Waals surface area contributed by atoms with Gasteiger partial charge in [-0.15, -0.1) is 11.3 Å². The minimum atomic E-state index is 0.860. The number of hydrogen-bond donors (Lipinski definition) is 0. The SMILES string of the molecule is c1ccc(-c2ccc(N(c3cc4ccccc4c4ccccc34)c3cccc4oc5c(-c6cccc7c6sc6ccccc67)c6ccccc6cc5c34)cc2)cc1. The van der Waals surface area contributed by atoms with Crippen molar-refractivity contribution >= 4 is 103 Å². The third kappa shape index (κ3) is 4.96. The average molecular weight is 744 g/mol. The van der Waals surface area contributed by atoms with E-state index in [1.54, 1.807) is 0 Å². The molecule has 0 aliphatic heterocycles. The Morgan fingerprint density at radius 1 is 0.404 bits per heavy atom. The lowest BCUT2D eigenvalue weighted by molar-refractivity contribution is 0.670. The first-order chi connectivity index (χ1) is 28.3.